The van der Waals surface area contributed by atoms with E-state index in [0.29, 0.717) is 0 Å². The minimum atomic E-state index is -0.894. The maximum atomic E-state index is 5.18. The van der Waals surface area contributed by atoms with Crippen LogP contribution in [0.1, 0.15) is 0 Å². The SMILES string of the molecule is C=C[SiH](C)c1ccco1. The summed E-state index contributed by atoms with van der Waals surface area (Å²) in [5, 5.41) is 1.12. The smallest absolute Gasteiger partial charge is 0.136 e. The van der Waals surface area contributed by atoms with Crippen molar-refractivity contribution in [2.45, 2.75) is 6.55 Å². The van der Waals surface area contributed by atoms with Crippen LogP contribution in [0.25, 0.3) is 0 Å². The molecule has 0 aliphatic heterocycles. The Bertz CT molecular complexity index is 179. The molecule has 1 nitrogen and oxygen atoms in total. The van der Waals surface area contributed by atoms with E-state index in [1.54, 1.807) is 6.26 Å². The van der Waals surface area contributed by atoms with Crippen molar-refractivity contribution in [1.29, 1.82) is 0 Å². The van der Waals surface area contributed by atoms with Crippen molar-refractivity contribution in [2.75, 3.05) is 0 Å². The van der Waals surface area contributed by atoms with Crippen molar-refractivity contribution in [3.63, 3.8) is 0 Å². The van der Waals surface area contributed by atoms with Crippen molar-refractivity contribution < 1.29 is 4.42 Å². The molecule has 0 radical (unpaired) electrons. The van der Waals surface area contributed by atoms with Gasteiger partial charge in [-0.2, -0.15) is 0 Å². The molecular weight excluding hydrogens is 128 g/mol. The van der Waals surface area contributed by atoms with E-state index < -0.39 is 8.80 Å². The highest BCUT2D eigenvalue weighted by atomic mass is 28.3. The van der Waals surface area contributed by atoms with E-state index in [9.17, 15) is 0 Å². The zero-order valence-corrected chi connectivity index (χ0v) is 6.66. The van der Waals surface area contributed by atoms with Gasteiger partial charge in [-0.3, -0.25) is 0 Å². The van der Waals surface area contributed by atoms with E-state index in [-0.39, 0.29) is 0 Å². The predicted molar refractivity (Wildman–Crippen MR) is 41.6 cm³/mol. The van der Waals surface area contributed by atoms with Crippen LogP contribution in [0, 0.1) is 0 Å². The molecule has 9 heavy (non-hydrogen) atoms. The fraction of sp³-hybridized carbons (Fsp3) is 0.143. The first-order valence-electron chi connectivity index (χ1n) is 3.00. The Labute approximate surface area is 56.6 Å². The molecule has 0 aliphatic rings. The van der Waals surface area contributed by atoms with Gasteiger partial charge in [0.2, 0.25) is 0 Å². The Morgan fingerprint density at radius 3 is 3.00 bits per heavy atom. The van der Waals surface area contributed by atoms with E-state index in [4.69, 9.17) is 4.42 Å². The van der Waals surface area contributed by atoms with Crippen LogP contribution in [0.15, 0.2) is 35.1 Å². The number of hydrogen-bond donors (Lipinski definition) is 0. The molecule has 0 spiro atoms. The van der Waals surface area contributed by atoms with Gasteiger partial charge in [-0.25, -0.2) is 0 Å². The van der Waals surface area contributed by atoms with Gasteiger partial charge in [0.05, 0.1) is 11.6 Å². The molecule has 0 amide bonds. The lowest BCUT2D eigenvalue weighted by molar-refractivity contribution is 0.600. The minimum absolute atomic E-state index is 0.894. The molecule has 2 heteroatoms. The topological polar surface area (TPSA) is 13.1 Å². The molecule has 1 aromatic rings. The van der Waals surface area contributed by atoms with E-state index in [2.05, 4.69) is 13.1 Å². The van der Waals surface area contributed by atoms with Gasteiger partial charge in [0, 0.05) is 0 Å². The first kappa shape index (κ1) is 6.36. The second-order valence-corrected chi connectivity index (χ2v) is 4.66. The van der Waals surface area contributed by atoms with Gasteiger partial charge in [-0.15, -0.1) is 6.58 Å². The van der Waals surface area contributed by atoms with Crippen LogP contribution in [-0.2, 0) is 0 Å². The summed E-state index contributed by atoms with van der Waals surface area (Å²) in [6.45, 7) is 5.90. The van der Waals surface area contributed by atoms with E-state index >= 15 is 0 Å². The van der Waals surface area contributed by atoms with Crippen molar-refractivity contribution >= 4 is 14.2 Å². The van der Waals surface area contributed by atoms with Crippen LogP contribution < -0.4 is 5.38 Å². The van der Waals surface area contributed by atoms with Gasteiger partial charge in [-0.05, 0) is 12.1 Å². The highest BCUT2D eigenvalue weighted by molar-refractivity contribution is 6.75. The maximum absolute atomic E-state index is 5.18. The summed E-state index contributed by atoms with van der Waals surface area (Å²) in [6.07, 6.45) is 1.71. The first-order chi connectivity index (χ1) is 4.34. The lowest BCUT2D eigenvalue weighted by atomic mass is 10.7. The third-order valence-electron chi connectivity index (χ3n) is 1.35. The van der Waals surface area contributed by atoms with Crippen LogP contribution in [-0.4, -0.2) is 8.80 Å². The van der Waals surface area contributed by atoms with Crippen molar-refractivity contribution in [1.82, 2.24) is 0 Å². The summed E-state index contributed by atoms with van der Waals surface area (Å²) in [7, 11) is -0.894. The standard InChI is InChI=1S/C7H10OSi/c1-3-9(2)7-5-4-6-8-7/h3-6,9H,1H2,2H3. The number of furan rings is 1. The van der Waals surface area contributed by atoms with Crippen LogP contribution in [0.3, 0.4) is 0 Å². The molecule has 0 saturated heterocycles. The van der Waals surface area contributed by atoms with Crippen LogP contribution in [0.5, 0.6) is 0 Å². The molecule has 0 aliphatic carbocycles. The summed E-state index contributed by atoms with van der Waals surface area (Å²) < 4.78 is 5.18. The second-order valence-electron chi connectivity index (χ2n) is 2.04. The normalized spacial score (nSPS) is 13.0. The average molecular weight is 138 g/mol. The predicted octanol–water partition coefficient (Wildman–Crippen LogP) is 1.07. The quantitative estimate of drug-likeness (QED) is 0.557. The van der Waals surface area contributed by atoms with Gasteiger partial charge in [0.25, 0.3) is 0 Å². The third kappa shape index (κ3) is 1.33. The molecule has 0 N–H and O–H groups in total. The van der Waals surface area contributed by atoms with Crippen LogP contribution in [0.2, 0.25) is 6.55 Å². The summed E-state index contributed by atoms with van der Waals surface area (Å²) in [5.74, 6) is 0. The second kappa shape index (κ2) is 2.69. The lowest BCUT2D eigenvalue weighted by Gasteiger charge is -1.95. The molecule has 1 unspecified atom stereocenters. The van der Waals surface area contributed by atoms with Gasteiger partial charge >= 0.3 is 0 Å². The van der Waals surface area contributed by atoms with Crippen molar-refractivity contribution in [3.8, 4) is 0 Å². The highest BCUT2D eigenvalue weighted by Crippen LogP contribution is 1.88. The highest BCUT2D eigenvalue weighted by Gasteiger charge is 2.03. The van der Waals surface area contributed by atoms with E-state index in [1.807, 2.05) is 17.8 Å². The van der Waals surface area contributed by atoms with Gasteiger partial charge in [-0.1, -0.05) is 12.2 Å². The third-order valence-corrected chi connectivity index (χ3v) is 3.28. The fourth-order valence-corrected chi connectivity index (χ4v) is 1.61. The van der Waals surface area contributed by atoms with E-state index in [0.717, 1.165) is 5.38 Å². The van der Waals surface area contributed by atoms with E-state index in [1.165, 1.54) is 0 Å². The zero-order valence-electron chi connectivity index (χ0n) is 5.50. The van der Waals surface area contributed by atoms with Gasteiger partial charge in [0.15, 0.2) is 0 Å². The molecule has 1 atom stereocenters. The fourth-order valence-electron chi connectivity index (χ4n) is 0.667. The minimum Gasteiger partial charge on any atom is -0.474 e. The van der Waals surface area contributed by atoms with Crippen LogP contribution in [0.4, 0.5) is 0 Å². The zero-order chi connectivity index (χ0) is 6.69. The summed E-state index contributed by atoms with van der Waals surface area (Å²) in [4.78, 5) is 0. The number of hydrogen-bond acceptors (Lipinski definition) is 1. The van der Waals surface area contributed by atoms with Crippen molar-refractivity contribution in [3.05, 3.63) is 30.7 Å². The Kier molecular flexibility index (Phi) is 1.90. The average Bonchev–Trinajstić information content (AvgIpc) is 2.37. The van der Waals surface area contributed by atoms with Crippen LogP contribution >= 0.6 is 0 Å². The van der Waals surface area contributed by atoms with Crippen molar-refractivity contribution in [2.24, 2.45) is 0 Å². The largest absolute Gasteiger partial charge is 0.474 e. The summed E-state index contributed by atoms with van der Waals surface area (Å²) in [6, 6.07) is 3.93. The molecule has 0 aromatic carbocycles. The molecule has 0 saturated carbocycles. The van der Waals surface area contributed by atoms with Gasteiger partial charge < -0.3 is 4.42 Å². The molecule has 0 fully saturated rings. The van der Waals surface area contributed by atoms with Gasteiger partial charge in [0.1, 0.15) is 8.80 Å². The Morgan fingerprint density at radius 1 is 1.78 bits per heavy atom. The molecular formula is C7H10OSi. The molecule has 0 bridgehead atoms. The molecule has 48 valence electrons. The molecule has 1 aromatic heterocycles. The lowest BCUT2D eigenvalue weighted by Crippen LogP contribution is -2.21. The first-order valence-corrected chi connectivity index (χ1v) is 5.40. The summed E-state index contributed by atoms with van der Waals surface area (Å²) >= 11 is 0. The molecule has 1 rings (SSSR count). The monoisotopic (exact) mass is 138 g/mol. The molecule has 1 heterocycles. The number of rotatable bonds is 2. The Morgan fingerprint density at radius 2 is 2.56 bits per heavy atom. The Balaban J connectivity index is 2.76. The summed E-state index contributed by atoms with van der Waals surface area (Å²) in [5.41, 5.74) is 2.00. The maximum Gasteiger partial charge on any atom is 0.136 e. The Hall–Kier alpha value is -0.763.